The van der Waals surface area contributed by atoms with E-state index in [1.165, 1.54) is 6.07 Å². The highest BCUT2D eigenvalue weighted by atomic mass is 35.5. The van der Waals surface area contributed by atoms with Crippen LogP contribution >= 0.6 is 12.4 Å². The highest BCUT2D eigenvalue weighted by molar-refractivity contribution is 5.85. The molecule has 7 nitrogen and oxygen atoms in total. The summed E-state index contributed by atoms with van der Waals surface area (Å²) in [6.45, 7) is 5.78. The second-order valence-electron chi connectivity index (χ2n) is 4.71. The summed E-state index contributed by atoms with van der Waals surface area (Å²) in [6.07, 6.45) is 0.269. The van der Waals surface area contributed by atoms with Crippen molar-refractivity contribution in [2.45, 2.75) is 26.3 Å². The van der Waals surface area contributed by atoms with E-state index in [0.717, 1.165) is 6.54 Å². The van der Waals surface area contributed by atoms with E-state index in [-0.39, 0.29) is 36.5 Å². The average Bonchev–Trinajstić information content (AvgIpc) is 2.46. The number of nitro groups is 1. The van der Waals surface area contributed by atoms with Gasteiger partial charge in [0.25, 0.3) is 5.69 Å². The first kappa shape index (κ1) is 20.1. The van der Waals surface area contributed by atoms with Crippen molar-refractivity contribution in [1.82, 2.24) is 10.6 Å². The van der Waals surface area contributed by atoms with Crippen LogP contribution in [0.4, 0.5) is 11.4 Å². The van der Waals surface area contributed by atoms with Crippen LogP contribution in [-0.2, 0) is 4.79 Å². The van der Waals surface area contributed by atoms with Crippen LogP contribution in [0.3, 0.4) is 0 Å². The zero-order valence-corrected chi connectivity index (χ0v) is 13.6. The number of nitro benzene ring substituents is 1. The van der Waals surface area contributed by atoms with Crippen LogP contribution < -0.4 is 16.0 Å². The maximum atomic E-state index is 11.6. The molecule has 0 radical (unpaired) electrons. The fourth-order valence-corrected chi connectivity index (χ4v) is 1.87. The van der Waals surface area contributed by atoms with Crippen molar-refractivity contribution in [3.63, 3.8) is 0 Å². The molecule has 1 aromatic rings. The third-order valence-corrected chi connectivity index (χ3v) is 2.93. The van der Waals surface area contributed by atoms with Gasteiger partial charge in [0.05, 0.1) is 4.92 Å². The van der Waals surface area contributed by atoms with Crippen molar-refractivity contribution in [3.8, 4) is 0 Å². The second-order valence-corrected chi connectivity index (χ2v) is 4.71. The molecular weight excluding hydrogens is 308 g/mol. The Balaban J connectivity index is 0.00000441. The molecule has 0 saturated heterocycles. The normalized spacial score (nSPS) is 11.2. The molecule has 1 aromatic carbocycles. The van der Waals surface area contributed by atoms with E-state index in [9.17, 15) is 14.9 Å². The van der Waals surface area contributed by atoms with Crippen molar-refractivity contribution in [1.29, 1.82) is 0 Å². The Morgan fingerprint density at radius 2 is 2.05 bits per heavy atom. The summed E-state index contributed by atoms with van der Waals surface area (Å²) in [4.78, 5) is 22.0. The number of hydrogen-bond donors (Lipinski definition) is 3. The van der Waals surface area contributed by atoms with Gasteiger partial charge in [-0.15, -0.1) is 12.4 Å². The summed E-state index contributed by atoms with van der Waals surface area (Å²) in [7, 11) is 0. The summed E-state index contributed by atoms with van der Waals surface area (Å²) in [5, 5.41) is 19.8. The van der Waals surface area contributed by atoms with Gasteiger partial charge < -0.3 is 16.0 Å². The largest absolute Gasteiger partial charge is 0.379 e. The van der Waals surface area contributed by atoms with E-state index in [2.05, 4.69) is 16.0 Å². The standard InChI is InChI=1S/C14H22N4O3.ClH/c1-3-15-11(2)10-17-14(19)8-9-16-12-6-4-5-7-13(12)18(20)21;/h4-7,11,15-16H,3,8-10H2,1-2H3,(H,17,19);1H/t11-;/m1./s1. The quantitative estimate of drug-likeness (QED) is 0.475. The molecule has 0 unspecified atom stereocenters. The highest BCUT2D eigenvalue weighted by Gasteiger charge is 2.12. The summed E-state index contributed by atoms with van der Waals surface area (Å²) < 4.78 is 0. The average molecular weight is 331 g/mol. The van der Waals surface area contributed by atoms with E-state index in [1.807, 2.05) is 13.8 Å². The molecule has 0 bridgehead atoms. The number of amides is 1. The third kappa shape index (κ3) is 7.24. The van der Waals surface area contributed by atoms with E-state index in [0.29, 0.717) is 18.8 Å². The molecule has 3 N–H and O–H groups in total. The lowest BCUT2D eigenvalue weighted by molar-refractivity contribution is -0.384. The molecule has 22 heavy (non-hydrogen) atoms. The Labute approximate surface area is 136 Å². The molecule has 0 aliphatic carbocycles. The first-order valence-corrected chi connectivity index (χ1v) is 7.02. The Hall–Kier alpha value is -1.86. The van der Waals surface area contributed by atoms with Gasteiger partial charge in [-0.25, -0.2) is 0 Å². The molecule has 0 heterocycles. The van der Waals surface area contributed by atoms with Gasteiger partial charge in [-0.05, 0) is 19.5 Å². The summed E-state index contributed by atoms with van der Waals surface area (Å²) in [5.74, 6) is -0.0779. The molecule has 124 valence electrons. The lowest BCUT2D eigenvalue weighted by Crippen LogP contribution is -2.39. The molecule has 1 amide bonds. The molecule has 0 spiro atoms. The molecular formula is C14H23ClN4O3. The predicted molar refractivity (Wildman–Crippen MR) is 89.6 cm³/mol. The number of nitrogens with zero attached hydrogens (tertiary/aromatic N) is 1. The van der Waals surface area contributed by atoms with E-state index >= 15 is 0 Å². The van der Waals surface area contributed by atoms with Crippen molar-refractivity contribution in [2.75, 3.05) is 25.0 Å². The van der Waals surface area contributed by atoms with Gasteiger partial charge in [0.15, 0.2) is 0 Å². The van der Waals surface area contributed by atoms with Crippen molar-refractivity contribution >= 4 is 29.7 Å². The highest BCUT2D eigenvalue weighted by Crippen LogP contribution is 2.22. The summed E-state index contributed by atoms with van der Waals surface area (Å²) in [5.41, 5.74) is 0.440. The number of anilines is 1. The van der Waals surface area contributed by atoms with E-state index < -0.39 is 4.92 Å². The monoisotopic (exact) mass is 330 g/mol. The summed E-state index contributed by atoms with van der Waals surface area (Å²) in [6, 6.07) is 6.61. The Morgan fingerprint density at radius 3 is 2.68 bits per heavy atom. The van der Waals surface area contributed by atoms with Gasteiger partial charge in [-0.1, -0.05) is 19.1 Å². The SMILES string of the molecule is CCN[C@H](C)CNC(=O)CCNc1ccccc1[N+](=O)[O-].Cl. The number of benzene rings is 1. The number of likely N-dealkylation sites (N-methyl/N-ethyl adjacent to an activating group) is 1. The van der Waals surface area contributed by atoms with Gasteiger partial charge in [-0.3, -0.25) is 14.9 Å². The number of rotatable bonds is 9. The van der Waals surface area contributed by atoms with E-state index in [4.69, 9.17) is 0 Å². The first-order valence-electron chi connectivity index (χ1n) is 7.02. The molecule has 0 aliphatic heterocycles. The van der Waals surface area contributed by atoms with Gasteiger partial charge in [0.2, 0.25) is 5.91 Å². The molecule has 0 fully saturated rings. The lowest BCUT2D eigenvalue weighted by Gasteiger charge is -2.13. The molecule has 0 aliphatic rings. The van der Waals surface area contributed by atoms with Crippen molar-refractivity contribution in [2.24, 2.45) is 0 Å². The number of carbonyl (C=O) groups is 1. The van der Waals surface area contributed by atoms with Crippen LogP contribution in [0.25, 0.3) is 0 Å². The van der Waals surface area contributed by atoms with Crippen LogP contribution in [0, 0.1) is 10.1 Å². The smallest absolute Gasteiger partial charge is 0.292 e. The van der Waals surface area contributed by atoms with Crippen LogP contribution in [0.2, 0.25) is 0 Å². The number of para-hydroxylation sites is 2. The number of carbonyl (C=O) groups excluding carboxylic acids is 1. The van der Waals surface area contributed by atoms with Gasteiger partial charge >= 0.3 is 0 Å². The van der Waals surface area contributed by atoms with Crippen LogP contribution in [-0.4, -0.2) is 36.5 Å². The van der Waals surface area contributed by atoms with Crippen molar-refractivity contribution in [3.05, 3.63) is 34.4 Å². The zero-order valence-electron chi connectivity index (χ0n) is 12.8. The second kappa shape index (κ2) is 10.8. The van der Waals surface area contributed by atoms with Crippen LogP contribution in [0.1, 0.15) is 20.3 Å². The molecule has 0 saturated carbocycles. The molecule has 1 rings (SSSR count). The lowest BCUT2D eigenvalue weighted by atomic mass is 10.2. The molecule has 0 aromatic heterocycles. The van der Waals surface area contributed by atoms with Gasteiger partial charge in [0.1, 0.15) is 5.69 Å². The predicted octanol–water partition coefficient (Wildman–Crippen LogP) is 1.93. The Kier molecular flexibility index (Phi) is 9.89. The summed E-state index contributed by atoms with van der Waals surface area (Å²) >= 11 is 0. The maximum Gasteiger partial charge on any atom is 0.292 e. The first-order chi connectivity index (χ1) is 10.0. The van der Waals surface area contributed by atoms with Crippen LogP contribution in [0.15, 0.2) is 24.3 Å². The molecule has 8 heteroatoms. The zero-order chi connectivity index (χ0) is 15.7. The molecule has 1 atom stereocenters. The number of nitrogens with one attached hydrogen (secondary N) is 3. The van der Waals surface area contributed by atoms with Gasteiger partial charge in [0, 0.05) is 31.6 Å². The van der Waals surface area contributed by atoms with Crippen molar-refractivity contribution < 1.29 is 9.72 Å². The van der Waals surface area contributed by atoms with Crippen LogP contribution in [0.5, 0.6) is 0 Å². The minimum atomic E-state index is -0.444. The van der Waals surface area contributed by atoms with Gasteiger partial charge in [-0.2, -0.15) is 0 Å². The number of halogens is 1. The minimum absolute atomic E-state index is 0. The topological polar surface area (TPSA) is 96.3 Å². The number of hydrogen-bond acceptors (Lipinski definition) is 5. The fraction of sp³-hybridized carbons (Fsp3) is 0.500. The van der Waals surface area contributed by atoms with E-state index in [1.54, 1.807) is 18.2 Å². The Morgan fingerprint density at radius 1 is 1.36 bits per heavy atom. The maximum absolute atomic E-state index is 11.6. The fourth-order valence-electron chi connectivity index (χ4n) is 1.87. The third-order valence-electron chi connectivity index (χ3n) is 2.93. The minimum Gasteiger partial charge on any atom is -0.379 e. The Bertz CT molecular complexity index is 485.